The summed E-state index contributed by atoms with van der Waals surface area (Å²) in [5, 5.41) is 8.35. The van der Waals surface area contributed by atoms with Crippen molar-refractivity contribution >= 4 is 10.9 Å². The summed E-state index contributed by atoms with van der Waals surface area (Å²) in [5.41, 5.74) is 6.16. The van der Waals surface area contributed by atoms with Crippen LogP contribution < -0.4 is 11.3 Å². The molecule has 2 aromatic heterocycles. The molecule has 0 atom stereocenters. The molecule has 0 saturated carbocycles. The number of hydrogen-bond donors (Lipinski definition) is 1. The Kier molecular flexibility index (Phi) is 1.85. The highest BCUT2D eigenvalue weighted by Gasteiger charge is 2.14. The molecule has 0 saturated heterocycles. The Morgan fingerprint density at radius 2 is 2.29 bits per heavy atom. The highest BCUT2D eigenvalue weighted by Crippen LogP contribution is 2.16. The summed E-state index contributed by atoms with van der Waals surface area (Å²) in [6.45, 7) is 1.99. The number of aryl methyl sites for hydroxylation is 2. The Morgan fingerprint density at radius 3 is 2.93 bits per heavy atom. The van der Waals surface area contributed by atoms with Crippen molar-refractivity contribution in [2.24, 2.45) is 12.8 Å². The van der Waals surface area contributed by atoms with Gasteiger partial charge < -0.3 is 10.3 Å². The van der Waals surface area contributed by atoms with Gasteiger partial charge in [-0.1, -0.05) is 5.16 Å². The molecule has 0 spiro atoms. The first-order chi connectivity index (χ1) is 6.65. The second-order valence-electron chi connectivity index (χ2n) is 3.04. The van der Waals surface area contributed by atoms with Gasteiger partial charge in [0.15, 0.2) is 5.52 Å². The zero-order valence-electron chi connectivity index (χ0n) is 7.94. The quantitative estimate of drug-likeness (QED) is 0.672. The number of fused-ring (bicyclic) bond motifs is 1. The molecule has 0 aliphatic heterocycles. The molecule has 2 heterocycles. The lowest BCUT2D eigenvalue weighted by Gasteiger charge is -2.00. The molecule has 0 aromatic carbocycles. The molecule has 0 amide bonds. The summed E-state index contributed by atoms with van der Waals surface area (Å²) in [6.07, 6.45) is 0. The summed E-state index contributed by atoms with van der Waals surface area (Å²) in [4.78, 5) is 11.5. The summed E-state index contributed by atoms with van der Waals surface area (Å²) >= 11 is 0. The van der Waals surface area contributed by atoms with Crippen LogP contribution in [0, 0.1) is 6.92 Å². The number of aromatic nitrogens is 3. The highest BCUT2D eigenvalue weighted by atomic mass is 16.5. The van der Waals surface area contributed by atoms with E-state index in [1.54, 1.807) is 14.0 Å². The van der Waals surface area contributed by atoms with Gasteiger partial charge in [-0.2, -0.15) is 5.10 Å². The molecule has 2 aromatic rings. The van der Waals surface area contributed by atoms with Crippen molar-refractivity contribution in [2.75, 3.05) is 0 Å². The third-order valence-corrected chi connectivity index (χ3v) is 2.11. The van der Waals surface area contributed by atoms with Crippen molar-refractivity contribution in [3.8, 4) is 0 Å². The lowest BCUT2D eigenvalue weighted by Crippen LogP contribution is -2.22. The van der Waals surface area contributed by atoms with Crippen LogP contribution in [0.5, 0.6) is 0 Å². The van der Waals surface area contributed by atoms with Crippen molar-refractivity contribution in [1.82, 2.24) is 14.9 Å². The van der Waals surface area contributed by atoms with Gasteiger partial charge in [-0.05, 0) is 6.92 Å². The second kappa shape index (κ2) is 2.91. The number of nitrogens with two attached hydrogens (primary N) is 1. The van der Waals surface area contributed by atoms with Crippen LogP contribution in [0.15, 0.2) is 9.32 Å². The van der Waals surface area contributed by atoms with Gasteiger partial charge in [-0.3, -0.25) is 4.79 Å². The van der Waals surface area contributed by atoms with E-state index in [9.17, 15) is 4.79 Å². The molecule has 0 bridgehead atoms. The molecule has 0 aliphatic carbocycles. The first-order valence-corrected chi connectivity index (χ1v) is 4.17. The zero-order chi connectivity index (χ0) is 10.3. The van der Waals surface area contributed by atoms with E-state index in [0.29, 0.717) is 22.4 Å². The van der Waals surface area contributed by atoms with Gasteiger partial charge in [0.05, 0.1) is 11.1 Å². The van der Waals surface area contributed by atoms with Crippen LogP contribution in [0.4, 0.5) is 0 Å². The van der Waals surface area contributed by atoms with Crippen molar-refractivity contribution in [3.63, 3.8) is 0 Å². The minimum Gasteiger partial charge on any atom is -0.360 e. The number of nitrogens with zero attached hydrogens (tertiary/aromatic N) is 3. The molecule has 0 unspecified atom stereocenters. The second-order valence-corrected chi connectivity index (χ2v) is 3.04. The average molecular weight is 194 g/mol. The molecule has 6 nitrogen and oxygen atoms in total. The summed E-state index contributed by atoms with van der Waals surface area (Å²) in [5.74, 6) is 0.575. The van der Waals surface area contributed by atoms with Gasteiger partial charge >= 0.3 is 0 Å². The van der Waals surface area contributed by atoms with E-state index in [-0.39, 0.29) is 12.1 Å². The van der Waals surface area contributed by atoms with E-state index in [2.05, 4.69) is 10.3 Å². The summed E-state index contributed by atoms with van der Waals surface area (Å²) < 4.78 is 6.15. The van der Waals surface area contributed by atoms with Gasteiger partial charge in [0.1, 0.15) is 5.76 Å². The number of hydrogen-bond acceptors (Lipinski definition) is 5. The van der Waals surface area contributed by atoms with Crippen molar-refractivity contribution in [2.45, 2.75) is 13.5 Å². The highest BCUT2D eigenvalue weighted by molar-refractivity contribution is 5.81. The van der Waals surface area contributed by atoms with Gasteiger partial charge in [-0.15, -0.1) is 0 Å². The molecule has 6 heteroatoms. The van der Waals surface area contributed by atoms with E-state index >= 15 is 0 Å². The fourth-order valence-electron chi connectivity index (χ4n) is 1.43. The van der Waals surface area contributed by atoms with Crippen molar-refractivity contribution in [1.29, 1.82) is 0 Å². The predicted molar refractivity (Wildman–Crippen MR) is 49.7 cm³/mol. The Balaban J connectivity index is 3.00. The topological polar surface area (TPSA) is 86.9 Å². The van der Waals surface area contributed by atoms with Gasteiger partial charge in [0.25, 0.3) is 5.56 Å². The van der Waals surface area contributed by atoms with Gasteiger partial charge in [0.2, 0.25) is 0 Å². The fraction of sp³-hybridized carbons (Fsp3) is 0.375. The standard InChI is InChI=1S/C8H10N4O2/c1-4-6-5(3-9)10-12(2)8(13)7(6)11-14-4/h3,9H2,1-2H3. The Hall–Kier alpha value is -1.69. The van der Waals surface area contributed by atoms with E-state index in [1.807, 2.05) is 0 Å². The van der Waals surface area contributed by atoms with Crippen LogP contribution in [0.25, 0.3) is 10.9 Å². The maximum Gasteiger partial charge on any atom is 0.296 e. The first kappa shape index (κ1) is 8.89. The van der Waals surface area contributed by atoms with Crippen LogP contribution in [-0.4, -0.2) is 14.9 Å². The summed E-state index contributed by atoms with van der Waals surface area (Å²) in [7, 11) is 1.56. The molecule has 2 rings (SSSR count). The van der Waals surface area contributed by atoms with Crippen LogP contribution in [0.1, 0.15) is 11.5 Å². The van der Waals surface area contributed by atoms with Crippen molar-refractivity contribution in [3.05, 3.63) is 21.8 Å². The third-order valence-electron chi connectivity index (χ3n) is 2.11. The molecular formula is C8H10N4O2. The molecule has 74 valence electrons. The Bertz CT molecular complexity index is 540. The normalized spacial score (nSPS) is 11.1. The molecular weight excluding hydrogens is 184 g/mol. The SMILES string of the molecule is Cc1onc2c(=O)n(C)nc(CN)c12. The molecule has 0 fully saturated rings. The van der Waals surface area contributed by atoms with Crippen LogP contribution in [0.2, 0.25) is 0 Å². The number of rotatable bonds is 1. The zero-order valence-corrected chi connectivity index (χ0v) is 7.94. The van der Waals surface area contributed by atoms with Gasteiger partial charge in [-0.25, -0.2) is 4.68 Å². The molecule has 2 N–H and O–H groups in total. The fourth-order valence-corrected chi connectivity index (χ4v) is 1.43. The van der Waals surface area contributed by atoms with Gasteiger partial charge in [0, 0.05) is 13.6 Å². The third kappa shape index (κ3) is 1.04. The van der Waals surface area contributed by atoms with Crippen LogP contribution in [-0.2, 0) is 13.6 Å². The molecule has 14 heavy (non-hydrogen) atoms. The molecule has 0 radical (unpaired) electrons. The van der Waals surface area contributed by atoms with Crippen molar-refractivity contribution < 1.29 is 4.52 Å². The maximum absolute atomic E-state index is 11.5. The van der Waals surface area contributed by atoms with E-state index in [4.69, 9.17) is 10.3 Å². The van der Waals surface area contributed by atoms with E-state index in [0.717, 1.165) is 0 Å². The Labute approximate surface area is 79.3 Å². The average Bonchev–Trinajstić information content (AvgIpc) is 2.55. The van der Waals surface area contributed by atoms with Crippen LogP contribution >= 0.6 is 0 Å². The first-order valence-electron chi connectivity index (χ1n) is 4.17. The molecule has 0 aliphatic rings. The van der Waals surface area contributed by atoms with Crippen LogP contribution in [0.3, 0.4) is 0 Å². The predicted octanol–water partition coefficient (Wildman–Crippen LogP) is -0.311. The minimum atomic E-state index is -0.269. The van der Waals surface area contributed by atoms with E-state index < -0.39 is 0 Å². The largest absolute Gasteiger partial charge is 0.360 e. The lowest BCUT2D eigenvalue weighted by molar-refractivity contribution is 0.405. The smallest absolute Gasteiger partial charge is 0.296 e. The Morgan fingerprint density at radius 1 is 1.57 bits per heavy atom. The monoisotopic (exact) mass is 194 g/mol. The maximum atomic E-state index is 11.5. The summed E-state index contributed by atoms with van der Waals surface area (Å²) in [6, 6.07) is 0. The minimum absolute atomic E-state index is 0.257. The van der Waals surface area contributed by atoms with E-state index in [1.165, 1.54) is 4.68 Å². The lowest BCUT2D eigenvalue weighted by atomic mass is 10.2.